The van der Waals surface area contributed by atoms with E-state index in [-0.39, 0.29) is 49.2 Å². The normalized spacial score (nSPS) is 33.3. The molecule has 0 aliphatic heterocycles. The number of hydrogen-bond acceptors (Lipinski definition) is 2. The molecule has 2 saturated carbocycles. The van der Waals surface area contributed by atoms with Gasteiger partial charge in [-0.15, -0.1) is 12.4 Å². The number of amides is 1. The van der Waals surface area contributed by atoms with Crippen molar-refractivity contribution in [3.05, 3.63) is 0 Å². The van der Waals surface area contributed by atoms with Gasteiger partial charge in [0.1, 0.15) is 0 Å². The van der Waals surface area contributed by atoms with Gasteiger partial charge in [0, 0.05) is 18.5 Å². The largest absolute Gasteiger partial charge is 0.391 e. The van der Waals surface area contributed by atoms with Crippen molar-refractivity contribution in [2.45, 2.75) is 69.6 Å². The van der Waals surface area contributed by atoms with Crippen LogP contribution in [-0.4, -0.2) is 24.2 Å². The minimum Gasteiger partial charge on any atom is -0.353 e. The molecule has 2 aliphatic carbocycles. The molecule has 1 amide bonds. The monoisotopic (exact) mass is 328 g/mol. The second-order valence-corrected chi connectivity index (χ2v) is 6.22. The smallest absolute Gasteiger partial charge is 0.353 e. The maximum absolute atomic E-state index is 12.5. The van der Waals surface area contributed by atoms with E-state index in [1.165, 1.54) is 0 Å². The molecule has 2 aliphatic rings. The van der Waals surface area contributed by atoms with Crippen LogP contribution in [0.5, 0.6) is 0 Å². The van der Waals surface area contributed by atoms with Gasteiger partial charge in [-0.3, -0.25) is 4.79 Å². The Bertz CT molecular complexity index is 344. The first-order valence-corrected chi connectivity index (χ1v) is 7.48. The van der Waals surface area contributed by atoms with Crippen molar-refractivity contribution < 1.29 is 18.0 Å². The van der Waals surface area contributed by atoms with Crippen LogP contribution in [0.4, 0.5) is 13.2 Å². The van der Waals surface area contributed by atoms with Crippen molar-refractivity contribution in [1.29, 1.82) is 0 Å². The van der Waals surface area contributed by atoms with E-state index in [4.69, 9.17) is 5.73 Å². The minimum atomic E-state index is -4.09. The SMILES string of the molecule is Cl.N[C@@H]1CCC[C@H]1CC(=O)NC1CCC(C(F)(F)F)CC1. The van der Waals surface area contributed by atoms with Gasteiger partial charge in [0.2, 0.25) is 5.91 Å². The molecule has 7 heteroatoms. The lowest BCUT2D eigenvalue weighted by Crippen LogP contribution is -2.41. The molecule has 21 heavy (non-hydrogen) atoms. The number of nitrogens with two attached hydrogens (primary N) is 1. The Kier molecular flexibility index (Phi) is 6.78. The van der Waals surface area contributed by atoms with Crippen LogP contribution >= 0.6 is 12.4 Å². The average Bonchev–Trinajstić information content (AvgIpc) is 2.74. The lowest BCUT2D eigenvalue weighted by atomic mass is 9.85. The number of halogens is 4. The molecular weight excluding hydrogens is 305 g/mol. The lowest BCUT2D eigenvalue weighted by molar-refractivity contribution is -0.182. The van der Waals surface area contributed by atoms with Gasteiger partial charge in [-0.2, -0.15) is 13.2 Å². The third kappa shape index (κ3) is 5.33. The molecule has 0 aromatic rings. The second-order valence-electron chi connectivity index (χ2n) is 6.22. The zero-order valence-corrected chi connectivity index (χ0v) is 12.8. The molecule has 0 radical (unpaired) electrons. The van der Waals surface area contributed by atoms with Crippen LogP contribution in [0, 0.1) is 11.8 Å². The van der Waals surface area contributed by atoms with Crippen LogP contribution in [0.15, 0.2) is 0 Å². The molecule has 0 bridgehead atoms. The first-order chi connectivity index (χ1) is 9.36. The van der Waals surface area contributed by atoms with Crippen LogP contribution < -0.4 is 11.1 Å². The summed E-state index contributed by atoms with van der Waals surface area (Å²) in [6.07, 6.45) is 0.430. The zero-order valence-electron chi connectivity index (χ0n) is 12.0. The first kappa shape index (κ1) is 18.6. The fraction of sp³-hybridized carbons (Fsp3) is 0.929. The lowest BCUT2D eigenvalue weighted by Gasteiger charge is -2.30. The second kappa shape index (κ2) is 7.68. The number of nitrogens with one attached hydrogen (secondary N) is 1. The standard InChI is InChI=1S/C14H23F3N2O.ClH/c15-14(16,17)10-4-6-11(7-5-10)19-13(20)8-9-2-1-3-12(9)18;/h9-12H,1-8,18H2,(H,19,20);1H/t9-,10?,11?,12+;/m0./s1. The topological polar surface area (TPSA) is 55.1 Å². The predicted molar refractivity (Wildman–Crippen MR) is 77.1 cm³/mol. The highest BCUT2D eigenvalue weighted by Gasteiger charge is 2.41. The molecule has 0 aromatic carbocycles. The Morgan fingerprint density at radius 2 is 1.71 bits per heavy atom. The van der Waals surface area contributed by atoms with E-state index in [0.717, 1.165) is 19.3 Å². The third-order valence-corrected chi connectivity index (χ3v) is 4.72. The van der Waals surface area contributed by atoms with E-state index in [0.29, 0.717) is 19.3 Å². The Balaban J connectivity index is 0.00000220. The van der Waals surface area contributed by atoms with Crippen LogP contribution in [-0.2, 0) is 4.79 Å². The summed E-state index contributed by atoms with van der Waals surface area (Å²) in [5.41, 5.74) is 5.92. The number of hydrogen-bond donors (Lipinski definition) is 2. The van der Waals surface area contributed by atoms with Crippen molar-refractivity contribution >= 4 is 18.3 Å². The summed E-state index contributed by atoms with van der Waals surface area (Å²) in [6, 6.07) is 0.000410. The van der Waals surface area contributed by atoms with Gasteiger partial charge >= 0.3 is 6.18 Å². The predicted octanol–water partition coefficient (Wildman–Crippen LogP) is 3.16. The van der Waals surface area contributed by atoms with Gasteiger partial charge in [-0.1, -0.05) is 6.42 Å². The highest BCUT2D eigenvalue weighted by Crippen LogP contribution is 2.37. The van der Waals surface area contributed by atoms with Gasteiger partial charge < -0.3 is 11.1 Å². The molecule has 0 spiro atoms. The molecule has 3 nitrogen and oxygen atoms in total. The fourth-order valence-electron chi connectivity index (χ4n) is 3.41. The van der Waals surface area contributed by atoms with Crippen LogP contribution in [0.1, 0.15) is 51.4 Å². The van der Waals surface area contributed by atoms with Crippen molar-refractivity contribution in [2.75, 3.05) is 0 Å². The fourth-order valence-corrected chi connectivity index (χ4v) is 3.41. The molecule has 0 aromatic heterocycles. The zero-order chi connectivity index (χ0) is 14.8. The number of rotatable bonds is 3. The summed E-state index contributed by atoms with van der Waals surface area (Å²) in [5.74, 6) is -1.01. The Labute approximate surface area is 129 Å². The highest BCUT2D eigenvalue weighted by atomic mass is 35.5. The summed E-state index contributed by atoms with van der Waals surface area (Å²) in [5, 5.41) is 2.88. The van der Waals surface area contributed by atoms with Crippen molar-refractivity contribution in [3.8, 4) is 0 Å². The maximum Gasteiger partial charge on any atom is 0.391 e. The van der Waals surface area contributed by atoms with Gasteiger partial charge in [-0.25, -0.2) is 0 Å². The van der Waals surface area contributed by atoms with Crippen molar-refractivity contribution in [2.24, 2.45) is 17.6 Å². The van der Waals surface area contributed by atoms with Crippen LogP contribution in [0.25, 0.3) is 0 Å². The van der Waals surface area contributed by atoms with Gasteiger partial charge in [-0.05, 0) is 44.4 Å². The average molecular weight is 329 g/mol. The molecule has 2 atom stereocenters. The van der Waals surface area contributed by atoms with Gasteiger partial charge in [0.15, 0.2) is 0 Å². The first-order valence-electron chi connectivity index (χ1n) is 7.48. The molecule has 2 rings (SSSR count). The van der Waals surface area contributed by atoms with E-state index in [1.54, 1.807) is 0 Å². The van der Waals surface area contributed by atoms with Crippen molar-refractivity contribution in [1.82, 2.24) is 5.32 Å². The molecule has 2 fully saturated rings. The summed E-state index contributed by atoms with van der Waals surface area (Å²) >= 11 is 0. The van der Waals surface area contributed by atoms with Gasteiger partial charge in [0.25, 0.3) is 0 Å². The minimum absolute atomic E-state index is 0. The quantitative estimate of drug-likeness (QED) is 0.836. The molecule has 0 heterocycles. The third-order valence-electron chi connectivity index (χ3n) is 4.72. The summed E-state index contributed by atoms with van der Waals surface area (Å²) in [7, 11) is 0. The number of alkyl halides is 3. The molecule has 0 unspecified atom stereocenters. The van der Waals surface area contributed by atoms with E-state index in [1.807, 2.05) is 0 Å². The molecule has 3 N–H and O–H groups in total. The summed E-state index contributed by atoms with van der Waals surface area (Å²) in [6.45, 7) is 0. The number of carbonyl (C=O) groups is 1. The van der Waals surface area contributed by atoms with Gasteiger partial charge in [0.05, 0.1) is 5.92 Å². The molecular formula is C14H24ClF3N2O. The molecule has 124 valence electrons. The Morgan fingerprint density at radius 1 is 1.10 bits per heavy atom. The van der Waals surface area contributed by atoms with E-state index < -0.39 is 12.1 Å². The van der Waals surface area contributed by atoms with E-state index in [9.17, 15) is 18.0 Å². The van der Waals surface area contributed by atoms with Crippen LogP contribution in [0.3, 0.4) is 0 Å². The maximum atomic E-state index is 12.5. The van der Waals surface area contributed by atoms with Crippen LogP contribution in [0.2, 0.25) is 0 Å². The Hall–Kier alpha value is -0.490. The van der Waals surface area contributed by atoms with E-state index in [2.05, 4.69) is 5.32 Å². The number of carbonyl (C=O) groups excluding carboxylic acids is 1. The van der Waals surface area contributed by atoms with Crippen molar-refractivity contribution in [3.63, 3.8) is 0 Å². The highest BCUT2D eigenvalue weighted by molar-refractivity contribution is 5.85. The van der Waals surface area contributed by atoms with E-state index >= 15 is 0 Å². The summed E-state index contributed by atoms with van der Waals surface area (Å²) in [4.78, 5) is 11.9. The molecule has 0 saturated heterocycles. The summed E-state index contributed by atoms with van der Waals surface area (Å²) < 4.78 is 37.6. The Morgan fingerprint density at radius 3 is 2.19 bits per heavy atom.